The topological polar surface area (TPSA) is 92.7 Å². The first kappa shape index (κ1) is 19.9. The summed E-state index contributed by atoms with van der Waals surface area (Å²) in [7, 11) is 0. The van der Waals surface area contributed by atoms with Crippen LogP contribution in [-0.2, 0) is 6.42 Å². The maximum atomic E-state index is 12.1. The summed E-state index contributed by atoms with van der Waals surface area (Å²) >= 11 is 3.14. The Kier molecular flexibility index (Phi) is 6.79. The predicted octanol–water partition coefficient (Wildman–Crippen LogP) is 4.86. The van der Waals surface area contributed by atoms with Crippen LogP contribution in [0.25, 0.3) is 11.3 Å². The van der Waals surface area contributed by atoms with E-state index in [0.717, 1.165) is 34.1 Å². The molecule has 1 aliphatic rings. The number of amides is 2. The van der Waals surface area contributed by atoms with E-state index in [1.807, 2.05) is 12.1 Å². The lowest BCUT2D eigenvalue weighted by Crippen LogP contribution is -2.29. The number of carbonyl (C=O) groups is 1. The van der Waals surface area contributed by atoms with Gasteiger partial charge in [0.15, 0.2) is 0 Å². The maximum Gasteiger partial charge on any atom is 0.321 e. The molecule has 9 heteroatoms. The van der Waals surface area contributed by atoms with Gasteiger partial charge in [-0.1, -0.05) is 30.6 Å². The van der Waals surface area contributed by atoms with Gasteiger partial charge in [-0.15, -0.1) is 21.5 Å². The summed E-state index contributed by atoms with van der Waals surface area (Å²) in [4.78, 5) is 20.8. The predicted molar refractivity (Wildman–Crippen MR) is 116 cm³/mol. The number of carbonyl (C=O) groups excluding carboxylic acids is 1. The van der Waals surface area contributed by atoms with Crippen LogP contribution in [0, 0.1) is 0 Å². The van der Waals surface area contributed by atoms with Gasteiger partial charge in [0.1, 0.15) is 5.01 Å². The first-order valence-corrected chi connectivity index (χ1v) is 11.7. The normalized spacial score (nSPS) is 14.6. The summed E-state index contributed by atoms with van der Waals surface area (Å²) in [6, 6.07) is 3.68. The minimum atomic E-state index is -0.229. The van der Waals surface area contributed by atoms with Crippen LogP contribution >= 0.6 is 22.7 Å². The van der Waals surface area contributed by atoms with Crippen LogP contribution in [0.1, 0.15) is 54.5 Å². The average molecular weight is 429 g/mol. The maximum absolute atomic E-state index is 12.1. The van der Waals surface area contributed by atoms with E-state index in [1.54, 1.807) is 23.7 Å². The van der Waals surface area contributed by atoms with Gasteiger partial charge in [0, 0.05) is 42.2 Å². The Morgan fingerprint density at radius 1 is 1.14 bits per heavy atom. The molecular weight excluding hydrogens is 404 g/mol. The Hall–Kier alpha value is -2.39. The van der Waals surface area contributed by atoms with Crippen molar-refractivity contribution < 1.29 is 4.79 Å². The van der Waals surface area contributed by atoms with Crippen molar-refractivity contribution in [2.24, 2.45) is 0 Å². The lowest BCUT2D eigenvalue weighted by molar-refractivity contribution is 0.252. The lowest BCUT2D eigenvalue weighted by Gasteiger charge is -2.18. The Morgan fingerprint density at radius 2 is 1.97 bits per heavy atom. The number of urea groups is 1. The van der Waals surface area contributed by atoms with E-state index >= 15 is 0 Å². The van der Waals surface area contributed by atoms with E-state index in [-0.39, 0.29) is 6.03 Å². The highest BCUT2D eigenvalue weighted by Gasteiger charge is 2.20. The summed E-state index contributed by atoms with van der Waals surface area (Å²) in [5, 5.41) is 18.8. The highest BCUT2D eigenvalue weighted by molar-refractivity contribution is 7.15. The first-order valence-electron chi connectivity index (χ1n) is 10.0. The SMILES string of the molecule is O=C(NCCCc1nc(-c2ccncc2)cs1)Nc1nnc(C2CCCCC2)s1. The van der Waals surface area contributed by atoms with Crippen molar-refractivity contribution in [2.45, 2.75) is 50.9 Å². The molecule has 3 aromatic heterocycles. The molecule has 0 radical (unpaired) electrons. The standard InChI is InChI=1S/C20H24N6OS2/c27-19(24-20-26-25-18(29-20)15-5-2-1-3-6-15)22-10-4-7-17-23-16(13-28-17)14-8-11-21-12-9-14/h8-9,11-13,15H,1-7,10H2,(H2,22,24,26,27). The molecule has 3 aromatic rings. The molecule has 152 valence electrons. The average Bonchev–Trinajstić information content (AvgIpc) is 3.42. The van der Waals surface area contributed by atoms with Crippen molar-refractivity contribution in [2.75, 3.05) is 11.9 Å². The fraction of sp³-hybridized carbons (Fsp3) is 0.450. The van der Waals surface area contributed by atoms with Crippen molar-refractivity contribution in [3.05, 3.63) is 39.9 Å². The number of aryl methyl sites for hydroxylation is 1. The van der Waals surface area contributed by atoms with Gasteiger partial charge in [0.2, 0.25) is 5.13 Å². The molecule has 29 heavy (non-hydrogen) atoms. The van der Waals surface area contributed by atoms with E-state index in [4.69, 9.17) is 0 Å². The molecule has 3 heterocycles. The van der Waals surface area contributed by atoms with Crippen LogP contribution < -0.4 is 10.6 Å². The highest BCUT2D eigenvalue weighted by Crippen LogP contribution is 2.35. The fourth-order valence-corrected chi connectivity index (χ4v) is 5.22. The smallest absolute Gasteiger partial charge is 0.321 e. The minimum Gasteiger partial charge on any atom is -0.338 e. The van der Waals surface area contributed by atoms with Gasteiger partial charge in [-0.3, -0.25) is 10.3 Å². The van der Waals surface area contributed by atoms with Gasteiger partial charge >= 0.3 is 6.03 Å². The van der Waals surface area contributed by atoms with Gasteiger partial charge in [-0.2, -0.15) is 0 Å². The summed E-state index contributed by atoms with van der Waals surface area (Å²) in [6.07, 6.45) is 11.4. The Labute approximate surface area is 178 Å². The number of nitrogens with zero attached hydrogens (tertiary/aromatic N) is 4. The van der Waals surface area contributed by atoms with Gasteiger partial charge in [-0.25, -0.2) is 9.78 Å². The van der Waals surface area contributed by atoms with Crippen LogP contribution in [0.15, 0.2) is 29.9 Å². The zero-order valence-corrected chi connectivity index (χ0v) is 17.8. The van der Waals surface area contributed by atoms with E-state index in [2.05, 4.69) is 36.2 Å². The van der Waals surface area contributed by atoms with Crippen molar-refractivity contribution in [1.82, 2.24) is 25.5 Å². The lowest BCUT2D eigenvalue weighted by atomic mass is 9.90. The first-order chi connectivity index (χ1) is 14.3. The Morgan fingerprint density at radius 3 is 2.79 bits per heavy atom. The number of aromatic nitrogens is 4. The molecule has 7 nitrogen and oxygen atoms in total. The number of nitrogens with one attached hydrogen (secondary N) is 2. The molecule has 0 aliphatic heterocycles. The molecule has 2 amide bonds. The molecule has 1 saturated carbocycles. The van der Waals surface area contributed by atoms with Crippen molar-refractivity contribution in [1.29, 1.82) is 0 Å². The van der Waals surface area contributed by atoms with Gasteiger partial charge in [0.05, 0.1) is 10.7 Å². The molecule has 0 unspecified atom stereocenters. The van der Waals surface area contributed by atoms with Crippen LogP contribution in [-0.4, -0.2) is 32.7 Å². The summed E-state index contributed by atoms with van der Waals surface area (Å²) < 4.78 is 0. The molecule has 0 aromatic carbocycles. The van der Waals surface area contributed by atoms with Crippen LogP contribution in [0.5, 0.6) is 0 Å². The largest absolute Gasteiger partial charge is 0.338 e. The molecule has 0 saturated heterocycles. The van der Waals surface area contributed by atoms with Crippen LogP contribution in [0.3, 0.4) is 0 Å². The molecule has 1 fully saturated rings. The quantitative estimate of drug-likeness (QED) is 0.524. The third kappa shape index (κ3) is 5.57. The third-order valence-corrected chi connectivity index (χ3v) is 6.91. The van der Waals surface area contributed by atoms with Gasteiger partial charge in [0.25, 0.3) is 0 Å². The molecule has 0 bridgehead atoms. The number of hydrogen-bond donors (Lipinski definition) is 2. The van der Waals surface area contributed by atoms with E-state index < -0.39 is 0 Å². The zero-order chi connectivity index (χ0) is 19.9. The van der Waals surface area contributed by atoms with Gasteiger partial charge in [-0.05, 0) is 31.4 Å². The summed E-state index contributed by atoms with van der Waals surface area (Å²) in [5.41, 5.74) is 2.05. The number of rotatable bonds is 7. The second kappa shape index (κ2) is 9.89. The summed E-state index contributed by atoms with van der Waals surface area (Å²) in [6.45, 7) is 0.588. The zero-order valence-electron chi connectivity index (χ0n) is 16.1. The number of pyridine rings is 1. The minimum absolute atomic E-state index is 0.229. The van der Waals surface area contributed by atoms with Crippen LogP contribution in [0.4, 0.5) is 9.93 Å². The third-order valence-electron chi connectivity index (χ3n) is 5.00. The molecule has 4 rings (SSSR count). The van der Waals surface area contributed by atoms with Gasteiger partial charge < -0.3 is 5.32 Å². The fourth-order valence-electron chi connectivity index (χ4n) is 3.46. The highest BCUT2D eigenvalue weighted by atomic mass is 32.1. The van der Waals surface area contributed by atoms with Crippen molar-refractivity contribution >= 4 is 33.8 Å². The molecule has 0 spiro atoms. The van der Waals surface area contributed by atoms with E-state index in [1.165, 1.54) is 43.4 Å². The molecule has 1 aliphatic carbocycles. The summed E-state index contributed by atoms with van der Waals surface area (Å²) in [5.74, 6) is 0.509. The molecular formula is C20H24N6OS2. The Bertz CT molecular complexity index is 920. The van der Waals surface area contributed by atoms with E-state index in [9.17, 15) is 4.79 Å². The molecule has 2 N–H and O–H groups in total. The van der Waals surface area contributed by atoms with Crippen molar-refractivity contribution in [3.63, 3.8) is 0 Å². The number of hydrogen-bond acceptors (Lipinski definition) is 7. The van der Waals surface area contributed by atoms with Crippen molar-refractivity contribution in [3.8, 4) is 11.3 Å². The number of thiazole rings is 1. The molecule has 0 atom stereocenters. The van der Waals surface area contributed by atoms with Crippen LogP contribution in [0.2, 0.25) is 0 Å². The Balaban J connectivity index is 1.18. The monoisotopic (exact) mass is 428 g/mol. The second-order valence-electron chi connectivity index (χ2n) is 7.13. The second-order valence-corrected chi connectivity index (χ2v) is 9.08. The van der Waals surface area contributed by atoms with E-state index in [0.29, 0.717) is 17.6 Å². The number of anilines is 1.